The van der Waals surface area contributed by atoms with Crippen molar-refractivity contribution in [2.75, 3.05) is 5.32 Å². The molecular weight excluding hydrogens is 428 g/mol. The lowest BCUT2D eigenvalue weighted by Gasteiger charge is -2.25. The fourth-order valence-electron chi connectivity index (χ4n) is 4.67. The lowest BCUT2D eigenvalue weighted by atomic mass is 9.80. The number of aryl methyl sites for hydroxylation is 2. The van der Waals surface area contributed by atoms with Crippen LogP contribution in [0.4, 0.5) is 5.69 Å². The summed E-state index contributed by atoms with van der Waals surface area (Å²) >= 11 is 6.14. The third-order valence-electron chi connectivity index (χ3n) is 6.84. The molecular formula is C24H31ClN4O3. The Morgan fingerprint density at radius 1 is 1.09 bits per heavy atom. The van der Waals surface area contributed by atoms with E-state index in [9.17, 15) is 14.7 Å². The van der Waals surface area contributed by atoms with Crippen molar-refractivity contribution in [3.63, 3.8) is 0 Å². The Hall–Kier alpha value is -2.41. The highest BCUT2D eigenvalue weighted by Gasteiger charge is 2.30. The highest BCUT2D eigenvalue weighted by atomic mass is 35.5. The van der Waals surface area contributed by atoms with Gasteiger partial charge in [0.25, 0.3) is 0 Å². The summed E-state index contributed by atoms with van der Waals surface area (Å²) in [6.45, 7) is 1.89. The number of carboxylic acids is 1. The van der Waals surface area contributed by atoms with Crippen molar-refractivity contribution in [2.24, 2.45) is 11.8 Å². The van der Waals surface area contributed by atoms with E-state index >= 15 is 0 Å². The number of nitrogens with one attached hydrogen (secondary N) is 1. The minimum Gasteiger partial charge on any atom is -0.481 e. The van der Waals surface area contributed by atoms with Crippen molar-refractivity contribution in [1.82, 2.24) is 14.8 Å². The van der Waals surface area contributed by atoms with Gasteiger partial charge in [-0.05, 0) is 75.5 Å². The Balaban J connectivity index is 1.32. The zero-order valence-corrected chi connectivity index (χ0v) is 19.3. The lowest BCUT2D eigenvalue weighted by Crippen LogP contribution is -2.22. The summed E-state index contributed by atoms with van der Waals surface area (Å²) in [7, 11) is 0. The van der Waals surface area contributed by atoms with Gasteiger partial charge in [0.2, 0.25) is 5.91 Å². The van der Waals surface area contributed by atoms with Gasteiger partial charge in [0.1, 0.15) is 11.6 Å². The third kappa shape index (κ3) is 5.49. The number of anilines is 1. The van der Waals surface area contributed by atoms with Gasteiger partial charge >= 0.3 is 5.97 Å². The van der Waals surface area contributed by atoms with E-state index in [1.807, 2.05) is 25.1 Å². The molecule has 0 saturated heterocycles. The fraction of sp³-hybridized carbons (Fsp3) is 0.583. The van der Waals surface area contributed by atoms with E-state index in [0.717, 1.165) is 74.3 Å². The maximum absolute atomic E-state index is 12.5. The van der Waals surface area contributed by atoms with E-state index in [4.69, 9.17) is 11.6 Å². The maximum Gasteiger partial charge on any atom is 0.306 e. The topological polar surface area (TPSA) is 97.1 Å². The standard InChI is InChI=1S/C24H31ClN4O3/c1-15-19(25)3-2-4-20(15)26-23(30)14-13-22-28-27-21(29(22)18-10-11-18)12-7-16-5-8-17(9-6-16)24(31)32/h2-4,16-18H,5-14H2,1H3,(H,26,30)(H,31,32)/t16-,17-. The molecule has 0 unspecified atom stereocenters. The number of aromatic nitrogens is 3. The molecule has 0 radical (unpaired) electrons. The van der Waals surface area contributed by atoms with Crippen LogP contribution in [0.25, 0.3) is 0 Å². The number of aliphatic carboxylic acids is 1. The number of hydrogen-bond acceptors (Lipinski definition) is 4. The first-order chi connectivity index (χ1) is 15.4. The molecule has 172 valence electrons. The molecule has 2 aromatic rings. The van der Waals surface area contributed by atoms with E-state index in [2.05, 4.69) is 20.1 Å². The van der Waals surface area contributed by atoms with Crippen LogP contribution in [0.1, 0.15) is 74.6 Å². The maximum atomic E-state index is 12.5. The van der Waals surface area contributed by atoms with Gasteiger partial charge in [-0.2, -0.15) is 0 Å². The molecule has 2 N–H and O–H groups in total. The summed E-state index contributed by atoms with van der Waals surface area (Å²) < 4.78 is 2.25. The van der Waals surface area contributed by atoms with Crippen LogP contribution in [-0.2, 0) is 22.4 Å². The normalized spacial score (nSPS) is 20.8. The molecule has 0 atom stereocenters. The largest absolute Gasteiger partial charge is 0.481 e. The lowest BCUT2D eigenvalue weighted by molar-refractivity contribution is -0.143. The van der Waals surface area contributed by atoms with Crippen LogP contribution < -0.4 is 5.32 Å². The van der Waals surface area contributed by atoms with Crippen LogP contribution in [0.2, 0.25) is 5.02 Å². The predicted molar refractivity (Wildman–Crippen MR) is 123 cm³/mol. The zero-order chi connectivity index (χ0) is 22.7. The van der Waals surface area contributed by atoms with Crippen molar-refractivity contribution in [3.8, 4) is 0 Å². The highest BCUT2D eigenvalue weighted by Crippen LogP contribution is 2.38. The number of nitrogens with zero attached hydrogens (tertiary/aromatic N) is 3. The van der Waals surface area contributed by atoms with Gasteiger partial charge in [0, 0.05) is 36.0 Å². The molecule has 2 fully saturated rings. The second-order valence-corrected chi connectivity index (χ2v) is 9.60. The van der Waals surface area contributed by atoms with Crippen LogP contribution in [0.5, 0.6) is 0 Å². The minimum atomic E-state index is -0.656. The monoisotopic (exact) mass is 458 g/mol. The van der Waals surface area contributed by atoms with Crippen molar-refractivity contribution in [3.05, 3.63) is 40.4 Å². The van der Waals surface area contributed by atoms with Crippen LogP contribution in [-0.4, -0.2) is 31.7 Å². The van der Waals surface area contributed by atoms with E-state index in [1.165, 1.54) is 0 Å². The molecule has 1 heterocycles. The van der Waals surface area contributed by atoms with Crippen LogP contribution in [0.15, 0.2) is 18.2 Å². The average Bonchev–Trinajstić information content (AvgIpc) is 3.54. The summed E-state index contributed by atoms with van der Waals surface area (Å²) in [4.78, 5) is 23.7. The van der Waals surface area contributed by atoms with Gasteiger partial charge in [-0.15, -0.1) is 10.2 Å². The molecule has 7 nitrogen and oxygen atoms in total. The van der Waals surface area contributed by atoms with Crippen molar-refractivity contribution in [2.45, 2.75) is 77.2 Å². The Kier molecular flexibility index (Phi) is 7.13. The van der Waals surface area contributed by atoms with E-state index in [1.54, 1.807) is 0 Å². The Bertz CT molecular complexity index is 978. The van der Waals surface area contributed by atoms with Crippen molar-refractivity contribution in [1.29, 1.82) is 0 Å². The average molecular weight is 459 g/mol. The number of carbonyl (C=O) groups is 2. The van der Waals surface area contributed by atoms with E-state index in [0.29, 0.717) is 29.8 Å². The van der Waals surface area contributed by atoms with Gasteiger partial charge < -0.3 is 15.0 Å². The number of carbonyl (C=O) groups excluding carboxylic acids is 1. The van der Waals surface area contributed by atoms with Crippen LogP contribution in [0, 0.1) is 18.8 Å². The first-order valence-electron chi connectivity index (χ1n) is 11.6. The molecule has 0 bridgehead atoms. The summed E-state index contributed by atoms with van der Waals surface area (Å²) in [5, 5.41) is 21.7. The van der Waals surface area contributed by atoms with Gasteiger partial charge in [0.05, 0.1) is 5.92 Å². The first kappa shape index (κ1) is 22.8. The summed E-state index contributed by atoms with van der Waals surface area (Å²) in [6.07, 6.45) is 8.56. The van der Waals surface area contributed by atoms with Crippen molar-refractivity contribution >= 4 is 29.2 Å². The molecule has 4 rings (SSSR count). The molecule has 2 aliphatic rings. The Morgan fingerprint density at radius 2 is 1.78 bits per heavy atom. The van der Waals surface area contributed by atoms with Crippen molar-refractivity contribution < 1.29 is 14.7 Å². The number of rotatable bonds is 9. The minimum absolute atomic E-state index is 0.0579. The zero-order valence-electron chi connectivity index (χ0n) is 18.5. The molecule has 32 heavy (non-hydrogen) atoms. The Morgan fingerprint density at radius 3 is 2.44 bits per heavy atom. The second kappa shape index (κ2) is 10.0. The molecule has 1 amide bonds. The molecule has 1 aromatic carbocycles. The van der Waals surface area contributed by atoms with Gasteiger partial charge in [-0.1, -0.05) is 17.7 Å². The van der Waals surface area contributed by atoms with E-state index in [-0.39, 0.29) is 11.8 Å². The van der Waals surface area contributed by atoms with Gasteiger partial charge in [-0.3, -0.25) is 9.59 Å². The fourth-order valence-corrected chi connectivity index (χ4v) is 4.84. The Labute approximate surface area is 193 Å². The summed E-state index contributed by atoms with van der Waals surface area (Å²) in [5.41, 5.74) is 1.60. The highest BCUT2D eigenvalue weighted by molar-refractivity contribution is 6.31. The number of amides is 1. The third-order valence-corrected chi connectivity index (χ3v) is 7.25. The molecule has 8 heteroatoms. The molecule has 0 spiro atoms. The van der Waals surface area contributed by atoms with Crippen LogP contribution in [0.3, 0.4) is 0 Å². The smallest absolute Gasteiger partial charge is 0.306 e. The molecule has 0 aliphatic heterocycles. The quantitative estimate of drug-likeness (QED) is 0.552. The van der Waals surface area contributed by atoms with Crippen LogP contribution >= 0.6 is 11.6 Å². The molecule has 1 aromatic heterocycles. The SMILES string of the molecule is Cc1c(Cl)cccc1NC(=O)CCc1nnc(CC[C@H]2CC[C@H](C(=O)O)CC2)n1C1CC1. The number of carboxylic acid groups (broad SMARTS) is 1. The second-order valence-electron chi connectivity index (χ2n) is 9.19. The molecule has 2 saturated carbocycles. The molecule has 2 aliphatic carbocycles. The first-order valence-corrected chi connectivity index (χ1v) is 12.0. The summed E-state index contributed by atoms with van der Waals surface area (Å²) in [6, 6.07) is 5.95. The number of benzene rings is 1. The summed E-state index contributed by atoms with van der Waals surface area (Å²) in [5.74, 6) is 1.57. The van der Waals surface area contributed by atoms with Gasteiger partial charge in [-0.25, -0.2) is 0 Å². The van der Waals surface area contributed by atoms with E-state index < -0.39 is 5.97 Å². The predicted octanol–water partition coefficient (Wildman–Crippen LogP) is 4.97. The van der Waals surface area contributed by atoms with Gasteiger partial charge in [0.15, 0.2) is 0 Å². The number of halogens is 1. The number of hydrogen-bond donors (Lipinski definition) is 2.